The highest BCUT2D eigenvalue weighted by Crippen LogP contribution is 2.22. The maximum absolute atomic E-state index is 12.5. The van der Waals surface area contributed by atoms with Crippen molar-refractivity contribution < 1.29 is 9.53 Å². The molecule has 1 atom stereocenters. The molecule has 3 rings (SSSR count). The number of thiazole rings is 1. The summed E-state index contributed by atoms with van der Waals surface area (Å²) < 4.78 is 5.17. The van der Waals surface area contributed by atoms with Crippen LogP contribution in [-0.4, -0.2) is 36.0 Å². The van der Waals surface area contributed by atoms with E-state index in [9.17, 15) is 4.79 Å². The van der Waals surface area contributed by atoms with Crippen molar-refractivity contribution in [1.29, 1.82) is 0 Å². The summed E-state index contributed by atoms with van der Waals surface area (Å²) in [7, 11) is 1.63. The van der Waals surface area contributed by atoms with Crippen LogP contribution in [0.3, 0.4) is 0 Å². The van der Waals surface area contributed by atoms with E-state index in [0.29, 0.717) is 17.3 Å². The Hall–Kier alpha value is -1.76. The van der Waals surface area contributed by atoms with Gasteiger partial charge in [0.15, 0.2) is 5.13 Å². The molecule has 5 nitrogen and oxygen atoms in total. The van der Waals surface area contributed by atoms with Crippen LogP contribution in [-0.2, 0) is 17.9 Å². The molecule has 1 N–H and O–H groups in total. The molecule has 2 heterocycles. The van der Waals surface area contributed by atoms with Crippen LogP contribution in [0.15, 0.2) is 29.6 Å². The summed E-state index contributed by atoms with van der Waals surface area (Å²) in [6.45, 7) is 5.84. The summed E-state index contributed by atoms with van der Waals surface area (Å²) in [5, 5.41) is 5.61. The summed E-state index contributed by atoms with van der Waals surface area (Å²) in [5.41, 5.74) is 2.53. The average Bonchev–Trinajstić information content (AvgIpc) is 3.02. The van der Waals surface area contributed by atoms with Crippen LogP contribution in [0.1, 0.15) is 41.4 Å². The first-order valence-corrected chi connectivity index (χ1v) is 9.58. The fraction of sp³-hybridized carbons (Fsp3) is 0.474. The first-order chi connectivity index (χ1) is 12.2. The molecule has 1 saturated heterocycles. The van der Waals surface area contributed by atoms with Gasteiger partial charge >= 0.3 is 0 Å². The van der Waals surface area contributed by atoms with Gasteiger partial charge in [0.2, 0.25) is 0 Å². The lowest BCUT2D eigenvalue weighted by molar-refractivity contribution is 0.102. The number of anilines is 1. The lowest BCUT2D eigenvalue weighted by Crippen LogP contribution is -2.33. The van der Waals surface area contributed by atoms with E-state index in [1.807, 2.05) is 29.6 Å². The van der Waals surface area contributed by atoms with Crippen molar-refractivity contribution in [3.8, 4) is 0 Å². The normalized spacial score (nSPS) is 18.2. The molecule has 0 spiro atoms. The number of hydrogen-bond acceptors (Lipinski definition) is 5. The van der Waals surface area contributed by atoms with E-state index in [0.717, 1.165) is 36.8 Å². The average molecular weight is 359 g/mol. The zero-order valence-electron chi connectivity index (χ0n) is 14.8. The Morgan fingerprint density at radius 3 is 3.08 bits per heavy atom. The number of piperidine rings is 1. The minimum absolute atomic E-state index is 0.139. The second kappa shape index (κ2) is 8.56. The Labute approximate surface area is 153 Å². The molecule has 1 fully saturated rings. The minimum Gasteiger partial charge on any atom is -0.380 e. The van der Waals surface area contributed by atoms with Crippen molar-refractivity contribution in [3.05, 3.63) is 46.5 Å². The zero-order valence-corrected chi connectivity index (χ0v) is 15.6. The fourth-order valence-corrected chi connectivity index (χ4v) is 3.98. The summed E-state index contributed by atoms with van der Waals surface area (Å²) in [6.07, 6.45) is 2.57. The maximum Gasteiger partial charge on any atom is 0.257 e. The Bertz CT molecular complexity index is 716. The van der Waals surface area contributed by atoms with E-state index in [4.69, 9.17) is 4.74 Å². The quantitative estimate of drug-likeness (QED) is 0.853. The number of methoxy groups -OCH3 is 1. The Morgan fingerprint density at radius 2 is 2.28 bits per heavy atom. The van der Waals surface area contributed by atoms with Crippen molar-refractivity contribution in [2.45, 2.75) is 32.9 Å². The van der Waals surface area contributed by atoms with E-state index in [-0.39, 0.29) is 5.91 Å². The molecule has 0 bridgehead atoms. The van der Waals surface area contributed by atoms with Gasteiger partial charge in [0, 0.05) is 31.1 Å². The number of nitrogens with zero attached hydrogens (tertiary/aromatic N) is 2. The maximum atomic E-state index is 12.5. The minimum atomic E-state index is -0.139. The van der Waals surface area contributed by atoms with E-state index >= 15 is 0 Å². The number of likely N-dealkylation sites (tertiary alicyclic amines) is 1. The molecule has 1 aromatic heterocycles. The Balaban J connectivity index is 1.62. The number of benzene rings is 1. The first kappa shape index (κ1) is 18.0. The topological polar surface area (TPSA) is 54.5 Å². The number of carbonyl (C=O) groups is 1. The third-order valence-corrected chi connectivity index (χ3v) is 5.27. The van der Waals surface area contributed by atoms with Crippen molar-refractivity contribution in [3.63, 3.8) is 0 Å². The Morgan fingerprint density at radius 1 is 1.44 bits per heavy atom. The molecule has 1 amide bonds. The van der Waals surface area contributed by atoms with Gasteiger partial charge in [0.25, 0.3) is 5.91 Å². The van der Waals surface area contributed by atoms with Crippen molar-refractivity contribution >= 4 is 22.4 Å². The second-order valence-corrected chi connectivity index (χ2v) is 7.53. The highest BCUT2D eigenvalue weighted by atomic mass is 32.1. The summed E-state index contributed by atoms with van der Waals surface area (Å²) in [4.78, 5) is 19.6. The molecule has 0 saturated carbocycles. The number of carbonyl (C=O) groups excluding carboxylic acids is 1. The van der Waals surface area contributed by atoms with E-state index in [1.165, 1.54) is 24.2 Å². The third kappa shape index (κ3) is 4.87. The standard InChI is InChI=1S/C19H25N3O2S/c1-14-6-5-9-22(10-14)11-16-13-25-19(20-16)21-18(23)17-8-4-3-7-15(17)12-24-2/h3-4,7-8,13-14H,5-6,9-12H2,1-2H3,(H,20,21,23). The number of aromatic nitrogens is 1. The Kier molecular flexibility index (Phi) is 6.18. The summed E-state index contributed by atoms with van der Waals surface area (Å²) >= 11 is 1.48. The van der Waals surface area contributed by atoms with Crippen LogP contribution in [0, 0.1) is 5.92 Å². The van der Waals surface area contributed by atoms with E-state index < -0.39 is 0 Å². The summed E-state index contributed by atoms with van der Waals surface area (Å²) in [6, 6.07) is 7.49. The van der Waals surface area contributed by atoms with Gasteiger partial charge in [-0.15, -0.1) is 11.3 Å². The number of hydrogen-bond donors (Lipinski definition) is 1. The van der Waals surface area contributed by atoms with Gasteiger partial charge in [-0.1, -0.05) is 25.1 Å². The first-order valence-electron chi connectivity index (χ1n) is 8.70. The highest BCUT2D eigenvalue weighted by Gasteiger charge is 2.18. The molecular formula is C19H25N3O2S. The lowest BCUT2D eigenvalue weighted by atomic mass is 10.0. The number of ether oxygens (including phenoxy) is 1. The van der Waals surface area contributed by atoms with Gasteiger partial charge in [0.05, 0.1) is 12.3 Å². The number of rotatable bonds is 6. The predicted molar refractivity (Wildman–Crippen MR) is 101 cm³/mol. The molecule has 6 heteroatoms. The number of amides is 1. The van der Waals surface area contributed by atoms with Gasteiger partial charge in [-0.05, 0) is 36.9 Å². The number of nitrogens with one attached hydrogen (secondary N) is 1. The third-order valence-electron chi connectivity index (χ3n) is 4.46. The lowest BCUT2D eigenvalue weighted by Gasteiger charge is -2.30. The fourth-order valence-electron chi connectivity index (χ4n) is 3.28. The van der Waals surface area contributed by atoms with Crippen LogP contribution in [0.2, 0.25) is 0 Å². The van der Waals surface area contributed by atoms with Gasteiger partial charge in [-0.2, -0.15) is 0 Å². The zero-order chi connectivity index (χ0) is 17.6. The molecule has 25 heavy (non-hydrogen) atoms. The molecule has 134 valence electrons. The smallest absolute Gasteiger partial charge is 0.257 e. The van der Waals surface area contributed by atoms with Crippen molar-refractivity contribution in [2.24, 2.45) is 5.92 Å². The monoisotopic (exact) mass is 359 g/mol. The highest BCUT2D eigenvalue weighted by molar-refractivity contribution is 7.13. The molecule has 0 radical (unpaired) electrons. The SMILES string of the molecule is COCc1ccccc1C(=O)Nc1nc(CN2CCCC(C)C2)cs1. The van der Waals surface area contributed by atoms with Crippen molar-refractivity contribution in [1.82, 2.24) is 9.88 Å². The predicted octanol–water partition coefficient (Wildman–Crippen LogP) is 3.77. The van der Waals surface area contributed by atoms with Gasteiger partial charge in [-0.25, -0.2) is 4.98 Å². The van der Waals surface area contributed by atoms with Crippen LogP contribution < -0.4 is 5.32 Å². The van der Waals surface area contributed by atoms with Gasteiger partial charge in [-0.3, -0.25) is 15.0 Å². The molecule has 1 aliphatic heterocycles. The second-order valence-electron chi connectivity index (χ2n) is 6.67. The van der Waals surface area contributed by atoms with E-state index in [1.54, 1.807) is 7.11 Å². The molecule has 1 unspecified atom stereocenters. The van der Waals surface area contributed by atoms with Crippen LogP contribution in [0.5, 0.6) is 0 Å². The molecule has 1 aliphatic rings. The molecule has 2 aromatic rings. The van der Waals surface area contributed by atoms with Crippen LogP contribution in [0.4, 0.5) is 5.13 Å². The van der Waals surface area contributed by atoms with Crippen LogP contribution >= 0.6 is 11.3 Å². The van der Waals surface area contributed by atoms with E-state index in [2.05, 4.69) is 22.1 Å². The molecule has 0 aliphatic carbocycles. The van der Waals surface area contributed by atoms with Gasteiger partial charge in [0.1, 0.15) is 0 Å². The largest absolute Gasteiger partial charge is 0.380 e. The molecule has 1 aromatic carbocycles. The molecular weight excluding hydrogens is 334 g/mol. The van der Waals surface area contributed by atoms with Gasteiger partial charge < -0.3 is 4.74 Å². The van der Waals surface area contributed by atoms with Crippen LogP contribution in [0.25, 0.3) is 0 Å². The van der Waals surface area contributed by atoms with Crippen molar-refractivity contribution in [2.75, 3.05) is 25.5 Å². The summed E-state index contributed by atoms with van der Waals surface area (Å²) in [5.74, 6) is 0.615.